The molecule has 0 aliphatic carbocycles. The van der Waals surface area contributed by atoms with Crippen molar-refractivity contribution >= 4 is 5.91 Å². The summed E-state index contributed by atoms with van der Waals surface area (Å²) in [4.78, 5) is 14.3. The summed E-state index contributed by atoms with van der Waals surface area (Å²) in [5.74, 6) is 0.826. The number of H-pyrrole nitrogens is 1. The van der Waals surface area contributed by atoms with E-state index in [2.05, 4.69) is 10.2 Å². The monoisotopic (exact) mass is 369 g/mol. The SMILES string of the molecule is Cc1n[nH]c(CN2Cc3ccccc3C2=O)c1Oc1cc(C#N)cc(C#N)c1. The first kappa shape index (κ1) is 17.3. The average Bonchev–Trinajstić information content (AvgIpc) is 3.22. The Bertz CT molecular complexity index is 1130. The second-order valence-electron chi connectivity index (χ2n) is 6.51. The number of carbonyl (C=O) groups is 1. The molecule has 1 aromatic heterocycles. The molecule has 1 aliphatic heterocycles. The number of fused-ring (bicyclic) bond motifs is 1. The van der Waals surface area contributed by atoms with Gasteiger partial charge in [-0.1, -0.05) is 18.2 Å². The summed E-state index contributed by atoms with van der Waals surface area (Å²) in [6.45, 7) is 2.62. The molecule has 7 heteroatoms. The average molecular weight is 369 g/mol. The molecule has 2 aromatic carbocycles. The van der Waals surface area contributed by atoms with E-state index in [9.17, 15) is 4.79 Å². The third-order valence-electron chi connectivity index (χ3n) is 4.59. The predicted molar refractivity (Wildman–Crippen MR) is 99.3 cm³/mol. The number of hydrogen-bond donors (Lipinski definition) is 1. The van der Waals surface area contributed by atoms with Gasteiger partial charge in [-0.3, -0.25) is 9.89 Å². The zero-order valence-electron chi connectivity index (χ0n) is 15.1. The molecular weight excluding hydrogens is 354 g/mol. The van der Waals surface area contributed by atoms with E-state index in [4.69, 9.17) is 15.3 Å². The first-order valence-electron chi connectivity index (χ1n) is 8.63. The van der Waals surface area contributed by atoms with Crippen LogP contribution in [0.1, 0.15) is 38.4 Å². The van der Waals surface area contributed by atoms with Crippen LogP contribution in [-0.4, -0.2) is 21.0 Å². The molecule has 3 aromatic rings. The zero-order valence-corrected chi connectivity index (χ0v) is 15.1. The molecule has 4 rings (SSSR count). The third kappa shape index (κ3) is 3.06. The molecular formula is C21H15N5O2. The summed E-state index contributed by atoms with van der Waals surface area (Å²) in [7, 11) is 0. The third-order valence-corrected chi connectivity index (χ3v) is 4.59. The highest BCUT2D eigenvalue weighted by atomic mass is 16.5. The number of nitrogens with zero attached hydrogens (tertiary/aromatic N) is 4. The second-order valence-corrected chi connectivity index (χ2v) is 6.51. The summed E-state index contributed by atoms with van der Waals surface area (Å²) >= 11 is 0. The van der Waals surface area contributed by atoms with E-state index in [1.165, 1.54) is 6.07 Å². The van der Waals surface area contributed by atoms with Gasteiger partial charge in [-0.05, 0) is 36.8 Å². The van der Waals surface area contributed by atoms with Crippen LogP contribution >= 0.6 is 0 Å². The lowest BCUT2D eigenvalue weighted by atomic mass is 10.1. The standard InChI is InChI=1S/C21H15N5O2/c1-13-20(28-17-7-14(9-22)6-15(8-17)10-23)19(25-24-13)12-26-11-16-4-2-3-5-18(16)21(26)27/h2-8H,11-12H2,1H3,(H,24,25). The maximum atomic E-state index is 12.6. The highest BCUT2D eigenvalue weighted by Crippen LogP contribution is 2.31. The first-order chi connectivity index (χ1) is 13.6. The highest BCUT2D eigenvalue weighted by Gasteiger charge is 2.28. The van der Waals surface area contributed by atoms with E-state index < -0.39 is 0 Å². The van der Waals surface area contributed by atoms with Crippen LogP contribution in [0.25, 0.3) is 0 Å². The fourth-order valence-electron chi connectivity index (χ4n) is 3.25. The van der Waals surface area contributed by atoms with Crippen LogP contribution in [0.5, 0.6) is 11.5 Å². The van der Waals surface area contributed by atoms with E-state index >= 15 is 0 Å². The number of hydrogen-bond acceptors (Lipinski definition) is 5. The Kier molecular flexibility index (Phi) is 4.27. The molecule has 2 heterocycles. The molecule has 0 spiro atoms. The van der Waals surface area contributed by atoms with Crippen LogP contribution in [0.4, 0.5) is 0 Å². The smallest absolute Gasteiger partial charge is 0.254 e. The summed E-state index contributed by atoms with van der Waals surface area (Å²) in [5, 5.41) is 25.4. The minimum Gasteiger partial charge on any atom is -0.453 e. The summed E-state index contributed by atoms with van der Waals surface area (Å²) in [5.41, 5.74) is 3.65. The van der Waals surface area contributed by atoms with Crippen LogP contribution < -0.4 is 4.74 Å². The molecule has 0 saturated carbocycles. The minimum absolute atomic E-state index is 0.0351. The Morgan fingerprint density at radius 3 is 2.57 bits per heavy atom. The first-order valence-corrected chi connectivity index (χ1v) is 8.63. The molecule has 0 bridgehead atoms. The van der Waals surface area contributed by atoms with Crippen LogP contribution in [0.15, 0.2) is 42.5 Å². The van der Waals surface area contributed by atoms with Crippen molar-refractivity contribution in [2.24, 2.45) is 0 Å². The molecule has 1 amide bonds. The molecule has 1 aliphatic rings. The van der Waals surface area contributed by atoms with Gasteiger partial charge in [0.05, 0.1) is 35.5 Å². The highest BCUT2D eigenvalue weighted by molar-refractivity contribution is 5.98. The van der Waals surface area contributed by atoms with Gasteiger partial charge in [0, 0.05) is 12.1 Å². The number of amides is 1. The molecule has 7 nitrogen and oxygen atoms in total. The van der Waals surface area contributed by atoms with E-state index in [-0.39, 0.29) is 5.91 Å². The van der Waals surface area contributed by atoms with E-state index in [1.54, 1.807) is 24.0 Å². The van der Waals surface area contributed by atoms with Crippen molar-refractivity contribution in [1.29, 1.82) is 10.5 Å². The lowest BCUT2D eigenvalue weighted by Gasteiger charge is -2.16. The van der Waals surface area contributed by atoms with Gasteiger partial charge in [-0.25, -0.2) is 0 Å². The number of carbonyl (C=O) groups excluding carboxylic acids is 1. The Hall–Kier alpha value is -4.10. The minimum atomic E-state index is -0.0351. The van der Waals surface area contributed by atoms with Crippen molar-refractivity contribution in [2.45, 2.75) is 20.0 Å². The normalized spacial score (nSPS) is 12.4. The van der Waals surface area contributed by atoms with Crippen molar-refractivity contribution < 1.29 is 9.53 Å². The maximum Gasteiger partial charge on any atom is 0.254 e. The number of aromatic amines is 1. The van der Waals surface area contributed by atoms with Gasteiger partial charge in [-0.2, -0.15) is 15.6 Å². The zero-order chi connectivity index (χ0) is 19.7. The summed E-state index contributed by atoms with van der Waals surface area (Å²) in [6.07, 6.45) is 0. The fourth-order valence-corrected chi connectivity index (χ4v) is 3.25. The second kappa shape index (κ2) is 6.90. The van der Waals surface area contributed by atoms with Crippen molar-refractivity contribution in [1.82, 2.24) is 15.1 Å². The van der Waals surface area contributed by atoms with Crippen LogP contribution in [0, 0.1) is 29.6 Å². The number of ether oxygens (including phenoxy) is 1. The van der Waals surface area contributed by atoms with Gasteiger partial charge in [0.2, 0.25) is 0 Å². The van der Waals surface area contributed by atoms with Gasteiger partial charge in [0.25, 0.3) is 5.91 Å². The van der Waals surface area contributed by atoms with Gasteiger partial charge in [-0.15, -0.1) is 0 Å². The number of benzene rings is 2. The number of nitriles is 2. The number of nitrogens with one attached hydrogen (secondary N) is 1. The molecule has 136 valence electrons. The van der Waals surface area contributed by atoms with Crippen molar-refractivity contribution in [3.63, 3.8) is 0 Å². The maximum absolute atomic E-state index is 12.6. The Morgan fingerprint density at radius 2 is 1.89 bits per heavy atom. The lowest BCUT2D eigenvalue weighted by molar-refractivity contribution is 0.0764. The predicted octanol–water partition coefficient (Wildman–Crippen LogP) is 3.41. The molecule has 0 fully saturated rings. The van der Waals surface area contributed by atoms with E-state index in [0.717, 1.165) is 5.56 Å². The Balaban J connectivity index is 1.61. The number of aromatic nitrogens is 2. The van der Waals surface area contributed by atoms with E-state index in [0.29, 0.717) is 52.7 Å². The van der Waals surface area contributed by atoms with Crippen LogP contribution in [-0.2, 0) is 13.1 Å². The molecule has 0 atom stereocenters. The molecule has 0 saturated heterocycles. The van der Waals surface area contributed by atoms with E-state index in [1.807, 2.05) is 36.4 Å². The van der Waals surface area contributed by atoms with Crippen molar-refractivity contribution in [3.8, 4) is 23.6 Å². The number of aryl methyl sites for hydroxylation is 1. The summed E-state index contributed by atoms with van der Waals surface area (Å²) in [6, 6.07) is 16.2. The molecule has 0 radical (unpaired) electrons. The van der Waals surface area contributed by atoms with Gasteiger partial charge < -0.3 is 9.64 Å². The Morgan fingerprint density at radius 1 is 1.18 bits per heavy atom. The largest absolute Gasteiger partial charge is 0.453 e. The van der Waals surface area contributed by atoms with Gasteiger partial charge in [0.15, 0.2) is 5.75 Å². The molecule has 28 heavy (non-hydrogen) atoms. The van der Waals surface area contributed by atoms with Crippen molar-refractivity contribution in [3.05, 3.63) is 76.1 Å². The van der Waals surface area contributed by atoms with Gasteiger partial charge >= 0.3 is 0 Å². The number of rotatable bonds is 4. The topological polar surface area (TPSA) is 106 Å². The summed E-state index contributed by atoms with van der Waals surface area (Å²) < 4.78 is 5.95. The Labute approximate surface area is 161 Å². The molecule has 0 unspecified atom stereocenters. The van der Waals surface area contributed by atoms with Crippen LogP contribution in [0.3, 0.4) is 0 Å². The molecule has 1 N–H and O–H groups in total. The van der Waals surface area contributed by atoms with Crippen molar-refractivity contribution in [2.75, 3.05) is 0 Å². The lowest BCUT2D eigenvalue weighted by Crippen LogP contribution is -2.23. The fraction of sp³-hybridized carbons (Fsp3) is 0.143. The quantitative estimate of drug-likeness (QED) is 0.758. The van der Waals surface area contributed by atoms with Crippen LogP contribution in [0.2, 0.25) is 0 Å². The van der Waals surface area contributed by atoms with Gasteiger partial charge in [0.1, 0.15) is 11.4 Å².